The molecule has 0 saturated heterocycles. The lowest BCUT2D eigenvalue weighted by Gasteiger charge is -2.13. The molecule has 0 aliphatic rings. The Balaban J connectivity index is 1.70. The number of para-hydroxylation sites is 2. The number of anilines is 1. The highest BCUT2D eigenvalue weighted by atomic mass is 16.5. The lowest BCUT2D eigenvalue weighted by molar-refractivity contribution is -0.116. The third kappa shape index (κ3) is 2.71. The lowest BCUT2D eigenvalue weighted by Crippen LogP contribution is -2.29. The molecule has 130 valence electrons. The van der Waals surface area contributed by atoms with Crippen molar-refractivity contribution in [3.63, 3.8) is 0 Å². The number of ether oxygens (including phenoxy) is 1. The molecule has 2 heterocycles. The molecule has 6 nitrogen and oxygen atoms in total. The van der Waals surface area contributed by atoms with Gasteiger partial charge in [-0.1, -0.05) is 12.1 Å². The Bertz CT molecular complexity index is 1160. The first-order valence-electron chi connectivity index (χ1n) is 8.20. The zero-order valence-electron chi connectivity index (χ0n) is 14.2. The average Bonchev–Trinajstić information content (AvgIpc) is 3.16. The van der Waals surface area contributed by atoms with Gasteiger partial charge in [0.2, 0.25) is 5.91 Å². The van der Waals surface area contributed by atoms with Gasteiger partial charge in [-0.05, 0) is 48.5 Å². The third-order valence-electron chi connectivity index (χ3n) is 4.32. The second-order valence-electron chi connectivity index (χ2n) is 5.92. The fourth-order valence-corrected chi connectivity index (χ4v) is 3.08. The maximum atomic E-state index is 12.8. The number of hydrogen-bond donors (Lipinski definition) is 1. The van der Waals surface area contributed by atoms with Crippen LogP contribution in [-0.4, -0.2) is 22.0 Å². The number of nitrogens with one attached hydrogen (secondary N) is 1. The van der Waals surface area contributed by atoms with Crippen molar-refractivity contribution >= 4 is 28.1 Å². The molecule has 0 bridgehead atoms. The Morgan fingerprint density at radius 3 is 2.38 bits per heavy atom. The first-order valence-corrected chi connectivity index (χ1v) is 8.20. The summed E-state index contributed by atoms with van der Waals surface area (Å²) in [6.07, 6.45) is 1.85. The van der Waals surface area contributed by atoms with Crippen LogP contribution in [-0.2, 0) is 11.3 Å². The monoisotopic (exact) mass is 347 g/mol. The normalized spacial score (nSPS) is 11.0. The van der Waals surface area contributed by atoms with Gasteiger partial charge in [-0.15, -0.1) is 0 Å². The van der Waals surface area contributed by atoms with Crippen LogP contribution < -0.4 is 15.6 Å². The van der Waals surface area contributed by atoms with E-state index >= 15 is 0 Å². The van der Waals surface area contributed by atoms with Crippen LogP contribution >= 0.6 is 0 Å². The molecule has 4 aromatic rings. The Morgan fingerprint density at radius 1 is 0.962 bits per heavy atom. The summed E-state index contributed by atoms with van der Waals surface area (Å²) >= 11 is 0. The molecule has 0 aliphatic carbocycles. The molecule has 4 rings (SSSR count). The Hall–Kier alpha value is -3.54. The second-order valence-corrected chi connectivity index (χ2v) is 5.92. The highest BCUT2D eigenvalue weighted by Crippen LogP contribution is 2.17. The molecule has 0 unspecified atom stereocenters. The summed E-state index contributed by atoms with van der Waals surface area (Å²) in [7, 11) is 1.59. The number of fused-ring (bicyclic) bond motifs is 3. The largest absolute Gasteiger partial charge is 0.497 e. The number of carbonyl (C=O) groups excluding carboxylic acids is 1. The van der Waals surface area contributed by atoms with E-state index in [0.29, 0.717) is 22.5 Å². The first kappa shape index (κ1) is 16.0. The lowest BCUT2D eigenvalue weighted by atomic mass is 10.2. The molecule has 26 heavy (non-hydrogen) atoms. The minimum Gasteiger partial charge on any atom is -0.497 e. The van der Waals surface area contributed by atoms with E-state index in [4.69, 9.17) is 4.74 Å². The van der Waals surface area contributed by atoms with Crippen LogP contribution in [0.5, 0.6) is 5.75 Å². The zero-order valence-corrected chi connectivity index (χ0v) is 14.2. The van der Waals surface area contributed by atoms with E-state index in [1.165, 1.54) is 4.57 Å². The van der Waals surface area contributed by atoms with Crippen molar-refractivity contribution in [3.05, 3.63) is 77.2 Å². The van der Waals surface area contributed by atoms with Crippen molar-refractivity contribution in [2.24, 2.45) is 0 Å². The van der Waals surface area contributed by atoms with Gasteiger partial charge in [-0.25, -0.2) is 0 Å². The number of amides is 1. The van der Waals surface area contributed by atoms with Gasteiger partial charge in [0.1, 0.15) is 17.8 Å². The summed E-state index contributed by atoms with van der Waals surface area (Å²) in [5, 5.41) is 2.81. The maximum absolute atomic E-state index is 12.8. The van der Waals surface area contributed by atoms with E-state index in [0.717, 1.165) is 5.52 Å². The van der Waals surface area contributed by atoms with Crippen molar-refractivity contribution in [1.29, 1.82) is 0 Å². The van der Waals surface area contributed by atoms with E-state index in [2.05, 4.69) is 5.32 Å². The molecule has 6 heteroatoms. The van der Waals surface area contributed by atoms with Gasteiger partial charge in [0.15, 0.2) is 0 Å². The molecule has 0 fully saturated rings. The highest BCUT2D eigenvalue weighted by molar-refractivity contribution is 5.92. The van der Waals surface area contributed by atoms with Gasteiger partial charge in [0.25, 0.3) is 5.56 Å². The zero-order chi connectivity index (χ0) is 18.1. The fraction of sp³-hybridized carbons (Fsp3) is 0.100. The molecule has 0 spiro atoms. The molecule has 2 aromatic carbocycles. The van der Waals surface area contributed by atoms with E-state index in [1.54, 1.807) is 37.4 Å². The van der Waals surface area contributed by atoms with Crippen LogP contribution in [0.4, 0.5) is 5.69 Å². The average molecular weight is 347 g/mol. The van der Waals surface area contributed by atoms with Gasteiger partial charge < -0.3 is 14.5 Å². The third-order valence-corrected chi connectivity index (χ3v) is 4.32. The molecule has 0 aliphatic heterocycles. The fourth-order valence-electron chi connectivity index (χ4n) is 3.08. The number of aromatic nitrogens is 2. The highest BCUT2D eigenvalue weighted by Gasteiger charge is 2.13. The number of methoxy groups -OCH3 is 1. The number of hydrogen-bond acceptors (Lipinski definition) is 3. The second kappa shape index (κ2) is 6.40. The predicted octanol–water partition coefficient (Wildman–Crippen LogP) is 2.90. The van der Waals surface area contributed by atoms with Crippen LogP contribution in [0.1, 0.15) is 0 Å². The minimum atomic E-state index is -0.265. The standard InChI is InChI=1S/C20H17N3O3/c1-26-15-10-8-14(9-11-15)21-19(24)13-23-17-6-3-2-5-16(17)22-12-4-7-18(22)20(23)25/h2-12H,13H2,1H3,(H,21,24). The Kier molecular flexibility index (Phi) is 3.93. The van der Waals surface area contributed by atoms with E-state index in [1.807, 2.05) is 40.9 Å². The van der Waals surface area contributed by atoms with Crippen molar-refractivity contribution in [3.8, 4) is 5.75 Å². The molecule has 1 N–H and O–H groups in total. The van der Waals surface area contributed by atoms with Crippen LogP contribution in [0.3, 0.4) is 0 Å². The van der Waals surface area contributed by atoms with Crippen molar-refractivity contribution < 1.29 is 9.53 Å². The van der Waals surface area contributed by atoms with E-state index in [-0.39, 0.29) is 18.0 Å². The quantitative estimate of drug-likeness (QED) is 0.617. The number of nitrogens with zero attached hydrogens (tertiary/aromatic N) is 2. The molecule has 2 aromatic heterocycles. The topological polar surface area (TPSA) is 64.7 Å². The predicted molar refractivity (Wildman–Crippen MR) is 101 cm³/mol. The van der Waals surface area contributed by atoms with Gasteiger partial charge in [0.05, 0.1) is 18.1 Å². The van der Waals surface area contributed by atoms with Gasteiger partial charge in [0, 0.05) is 11.9 Å². The van der Waals surface area contributed by atoms with Crippen molar-refractivity contribution in [2.45, 2.75) is 6.54 Å². The van der Waals surface area contributed by atoms with Crippen LogP contribution in [0.15, 0.2) is 71.7 Å². The van der Waals surface area contributed by atoms with Gasteiger partial charge in [-0.2, -0.15) is 0 Å². The number of rotatable bonds is 4. The molecule has 0 atom stereocenters. The molecule has 0 radical (unpaired) electrons. The Morgan fingerprint density at radius 2 is 1.65 bits per heavy atom. The smallest absolute Gasteiger partial charge is 0.275 e. The molecule has 1 amide bonds. The van der Waals surface area contributed by atoms with Crippen molar-refractivity contribution in [1.82, 2.24) is 8.97 Å². The summed E-state index contributed by atoms with van der Waals surface area (Å²) in [5.74, 6) is 0.447. The SMILES string of the molecule is COc1ccc(NC(=O)Cn2c(=O)c3cccn3c3ccccc32)cc1. The van der Waals surface area contributed by atoms with E-state index < -0.39 is 0 Å². The molecular weight excluding hydrogens is 330 g/mol. The Labute approximate surface area is 149 Å². The van der Waals surface area contributed by atoms with E-state index in [9.17, 15) is 9.59 Å². The minimum absolute atomic E-state index is 0.0624. The maximum Gasteiger partial charge on any atom is 0.275 e. The van der Waals surface area contributed by atoms with Crippen LogP contribution in [0, 0.1) is 0 Å². The number of benzene rings is 2. The van der Waals surface area contributed by atoms with Crippen LogP contribution in [0.2, 0.25) is 0 Å². The molecule has 0 saturated carbocycles. The summed E-state index contributed by atoms with van der Waals surface area (Å²) < 4.78 is 8.45. The summed E-state index contributed by atoms with van der Waals surface area (Å²) in [4.78, 5) is 25.3. The van der Waals surface area contributed by atoms with Crippen molar-refractivity contribution in [2.75, 3.05) is 12.4 Å². The van der Waals surface area contributed by atoms with Crippen LogP contribution in [0.25, 0.3) is 16.6 Å². The summed E-state index contributed by atoms with van der Waals surface area (Å²) in [6.45, 7) is -0.0624. The van der Waals surface area contributed by atoms with Gasteiger partial charge in [-0.3, -0.25) is 14.2 Å². The first-order chi connectivity index (χ1) is 12.7. The number of carbonyl (C=O) groups is 1. The van der Waals surface area contributed by atoms with Gasteiger partial charge >= 0.3 is 0 Å². The summed E-state index contributed by atoms with van der Waals surface area (Å²) in [5.41, 5.74) is 2.59. The summed E-state index contributed by atoms with van der Waals surface area (Å²) in [6, 6.07) is 18.2. The molecular formula is C20H17N3O3.